The summed E-state index contributed by atoms with van der Waals surface area (Å²) in [5.41, 5.74) is 0. The fourth-order valence-electron chi connectivity index (χ4n) is 7.95. The van der Waals surface area contributed by atoms with Crippen LogP contribution < -0.4 is 0 Å². The minimum Gasteiger partial charge on any atom is -0.457 e. The molecule has 4 aromatic rings. The van der Waals surface area contributed by atoms with Crippen molar-refractivity contribution in [1.82, 2.24) is 0 Å². The van der Waals surface area contributed by atoms with Gasteiger partial charge in [-0.05, 0) is 109 Å². The Morgan fingerprint density at radius 3 is 0.871 bits per heavy atom. The van der Waals surface area contributed by atoms with Crippen LogP contribution in [-0.2, 0) is 18.9 Å². The number of furan rings is 4. The maximum absolute atomic E-state index is 11.7. The van der Waals surface area contributed by atoms with Gasteiger partial charge in [0.05, 0.1) is 105 Å². The first-order valence-electron chi connectivity index (χ1n) is 25.7. The maximum Gasteiger partial charge on any atom is 0.374 e. The zero-order chi connectivity index (χ0) is 52.3. The molecule has 16 heteroatoms. The van der Waals surface area contributed by atoms with Crippen LogP contribution in [0.3, 0.4) is 0 Å². The van der Waals surface area contributed by atoms with Gasteiger partial charge in [-0.25, -0.2) is 19.2 Å². The molecule has 0 amide bonds. The van der Waals surface area contributed by atoms with Crippen molar-refractivity contribution < 1.29 is 73.7 Å². The molecule has 0 radical (unpaired) electrons. The van der Waals surface area contributed by atoms with E-state index in [1.807, 2.05) is 21.1 Å². The number of nitrogens with zero attached hydrogens (tertiary/aromatic N) is 4. The first-order valence-corrected chi connectivity index (χ1v) is 25.7. The Balaban J connectivity index is 0.000000470. The summed E-state index contributed by atoms with van der Waals surface area (Å²) < 4.78 is 44.6. The molecular weight excluding hydrogens is 897 g/mol. The second kappa shape index (κ2) is 35.0. The maximum atomic E-state index is 11.7. The van der Waals surface area contributed by atoms with Crippen LogP contribution in [0.1, 0.15) is 137 Å². The minimum atomic E-state index is -0.400. The van der Waals surface area contributed by atoms with Gasteiger partial charge >= 0.3 is 23.9 Å². The van der Waals surface area contributed by atoms with Gasteiger partial charge in [-0.3, -0.25) is 0 Å². The molecular formula is C54H92N4O12+4. The van der Waals surface area contributed by atoms with Crippen molar-refractivity contribution >= 4 is 23.9 Å². The van der Waals surface area contributed by atoms with Gasteiger partial charge in [0.25, 0.3) is 0 Å². The summed E-state index contributed by atoms with van der Waals surface area (Å²) in [6.45, 7) is 34.9. The molecule has 0 aromatic carbocycles. The van der Waals surface area contributed by atoms with Gasteiger partial charge in [-0.2, -0.15) is 0 Å². The molecule has 16 nitrogen and oxygen atoms in total. The normalized spacial score (nSPS) is 12.2. The van der Waals surface area contributed by atoms with Gasteiger partial charge in [-0.15, -0.1) is 0 Å². The molecule has 0 fully saturated rings. The molecule has 0 bridgehead atoms. The Kier molecular flexibility index (Phi) is 31.4. The van der Waals surface area contributed by atoms with Crippen LogP contribution in [0.5, 0.6) is 0 Å². The zero-order valence-electron chi connectivity index (χ0n) is 45.2. The van der Waals surface area contributed by atoms with E-state index in [1.165, 1.54) is 44.4 Å². The SMILES string of the molecule is CCCC[N+](CC)(CCC)CCOC(=O)c1ccco1.CCC[N+](CC)(CCC)CCOC(=O)c1ccco1.CC[N+](CC)(CC)CCOC(=O)c1ccco1.C[N+](C)(C)CCOC(=O)c1ccco1. The van der Waals surface area contributed by atoms with E-state index in [0.717, 1.165) is 116 Å². The molecule has 4 aromatic heterocycles. The topological polar surface area (TPSA) is 158 Å². The van der Waals surface area contributed by atoms with E-state index in [9.17, 15) is 19.2 Å². The van der Waals surface area contributed by atoms with Gasteiger partial charge in [0.1, 0.15) is 52.6 Å². The molecule has 0 N–H and O–H groups in total. The fraction of sp³-hybridized carbons (Fsp3) is 0.630. The number of esters is 4. The number of hydrogen-bond acceptors (Lipinski definition) is 12. The van der Waals surface area contributed by atoms with Crippen molar-refractivity contribution in [2.75, 3.05) is 133 Å². The van der Waals surface area contributed by atoms with Gasteiger partial charge in [0.2, 0.25) is 23.0 Å². The van der Waals surface area contributed by atoms with Crippen LogP contribution in [0.2, 0.25) is 0 Å². The molecule has 0 aliphatic rings. The first-order chi connectivity index (χ1) is 33.5. The van der Waals surface area contributed by atoms with Crippen LogP contribution in [-0.4, -0.2) is 174 Å². The third kappa shape index (κ3) is 24.6. The lowest BCUT2D eigenvalue weighted by atomic mass is 10.2. The Bertz CT molecular complexity index is 1890. The average molecular weight is 989 g/mol. The highest BCUT2D eigenvalue weighted by Crippen LogP contribution is 2.14. The number of carbonyl (C=O) groups excluding carboxylic acids is 4. The highest BCUT2D eigenvalue weighted by Gasteiger charge is 2.26. The average Bonchev–Trinajstić information content (AvgIpc) is 4.22. The largest absolute Gasteiger partial charge is 0.457 e. The van der Waals surface area contributed by atoms with Crippen LogP contribution in [0.25, 0.3) is 0 Å². The highest BCUT2D eigenvalue weighted by atomic mass is 16.6. The van der Waals surface area contributed by atoms with E-state index in [0.29, 0.717) is 26.4 Å². The lowest BCUT2D eigenvalue weighted by Gasteiger charge is -2.37. The molecule has 4 rings (SSSR count). The summed E-state index contributed by atoms with van der Waals surface area (Å²) in [4.78, 5) is 46.2. The Morgan fingerprint density at radius 1 is 0.371 bits per heavy atom. The lowest BCUT2D eigenvalue weighted by molar-refractivity contribution is -0.926. The number of carbonyl (C=O) groups is 4. The van der Waals surface area contributed by atoms with E-state index in [-0.39, 0.29) is 40.9 Å². The summed E-state index contributed by atoms with van der Waals surface area (Å²) in [5, 5.41) is 0. The van der Waals surface area contributed by atoms with Gasteiger partial charge in [-0.1, -0.05) is 34.1 Å². The molecule has 70 heavy (non-hydrogen) atoms. The Hall–Kier alpha value is -5.16. The fourth-order valence-corrected chi connectivity index (χ4v) is 7.95. The Morgan fingerprint density at radius 2 is 0.643 bits per heavy atom. The van der Waals surface area contributed by atoms with E-state index in [1.54, 1.807) is 48.5 Å². The molecule has 1 atom stereocenters. The Labute approximate surface area is 420 Å². The van der Waals surface area contributed by atoms with Crippen molar-refractivity contribution in [3.63, 3.8) is 0 Å². The van der Waals surface area contributed by atoms with E-state index in [4.69, 9.17) is 36.6 Å². The number of hydrogen-bond donors (Lipinski definition) is 0. The number of unbranched alkanes of at least 4 members (excludes halogenated alkanes) is 1. The van der Waals surface area contributed by atoms with Crippen molar-refractivity contribution in [2.24, 2.45) is 0 Å². The van der Waals surface area contributed by atoms with Crippen molar-refractivity contribution in [3.8, 4) is 0 Å². The number of likely N-dealkylation sites (N-methyl/N-ethyl adjacent to an activating group) is 4. The molecule has 0 spiro atoms. The summed E-state index contributed by atoms with van der Waals surface area (Å²) in [5.74, 6) is -0.425. The van der Waals surface area contributed by atoms with Crippen LogP contribution in [0, 0.1) is 0 Å². The smallest absolute Gasteiger partial charge is 0.374 e. The highest BCUT2D eigenvalue weighted by molar-refractivity contribution is 5.87. The number of ether oxygens (including phenoxy) is 4. The summed E-state index contributed by atoms with van der Waals surface area (Å²) in [6.07, 6.45) is 11.8. The predicted octanol–water partition coefficient (Wildman–Crippen LogP) is 10.0. The summed E-state index contributed by atoms with van der Waals surface area (Å²) in [7, 11) is 6.13. The lowest BCUT2D eigenvalue weighted by Crippen LogP contribution is -2.51. The quantitative estimate of drug-likeness (QED) is 0.0277. The third-order valence-corrected chi connectivity index (χ3v) is 12.7. The van der Waals surface area contributed by atoms with Crippen molar-refractivity contribution in [2.45, 2.75) is 94.4 Å². The molecule has 0 saturated heterocycles. The van der Waals surface area contributed by atoms with Crippen molar-refractivity contribution in [1.29, 1.82) is 0 Å². The monoisotopic (exact) mass is 989 g/mol. The van der Waals surface area contributed by atoms with E-state index >= 15 is 0 Å². The third-order valence-electron chi connectivity index (χ3n) is 12.7. The number of rotatable bonds is 30. The number of quaternary nitrogens is 4. The predicted molar refractivity (Wildman–Crippen MR) is 272 cm³/mol. The molecule has 396 valence electrons. The van der Waals surface area contributed by atoms with Crippen LogP contribution >= 0.6 is 0 Å². The van der Waals surface area contributed by atoms with Gasteiger partial charge in [0, 0.05) is 0 Å². The van der Waals surface area contributed by atoms with Crippen LogP contribution in [0.15, 0.2) is 91.3 Å². The first kappa shape index (κ1) is 62.9. The molecule has 0 saturated carbocycles. The molecule has 4 heterocycles. The van der Waals surface area contributed by atoms with Gasteiger partial charge < -0.3 is 54.5 Å². The molecule has 1 unspecified atom stereocenters. The summed E-state index contributed by atoms with van der Waals surface area (Å²) >= 11 is 0. The standard InChI is InChI=1S/C16H28NO3.C15H26NO3.C13H22NO3.C10H16NO3/c1-4-7-11-17(6-3,10-5-2)12-14-20-16(18)15-9-8-13-19-15;1-4-9-16(6-3,10-5-2)11-13-19-15(17)14-8-7-12-18-14;1-4-14(5-2,6-3)9-11-17-13(15)12-8-7-10-16-12;1-11(2,3)6-8-14-10(12)9-5-4-7-13-9/h8-9,13H,4-7,10-12,14H2,1-3H3;7-8,12H,4-6,9-11,13H2,1-3H3;7-8,10H,4-6,9,11H2,1-3H3;4-5,7H,6,8H2,1-3H3/q4*+1. The second-order valence-corrected chi connectivity index (χ2v) is 18.5. The molecule has 0 aliphatic heterocycles. The molecule has 0 aliphatic carbocycles. The zero-order valence-corrected chi connectivity index (χ0v) is 45.2. The van der Waals surface area contributed by atoms with Gasteiger partial charge in [0.15, 0.2) is 0 Å². The van der Waals surface area contributed by atoms with E-state index < -0.39 is 5.97 Å². The van der Waals surface area contributed by atoms with E-state index in [2.05, 4.69) is 62.3 Å². The second-order valence-electron chi connectivity index (χ2n) is 18.5. The summed E-state index contributed by atoms with van der Waals surface area (Å²) in [6, 6.07) is 13.2. The van der Waals surface area contributed by atoms with Crippen LogP contribution in [0.4, 0.5) is 0 Å². The van der Waals surface area contributed by atoms with Crippen molar-refractivity contribution in [3.05, 3.63) is 96.6 Å². The minimum absolute atomic E-state index is 0.256.